The van der Waals surface area contributed by atoms with Crippen LogP contribution in [0.2, 0.25) is 0 Å². The first-order valence-corrected chi connectivity index (χ1v) is 7.41. The number of hydrogen-bond acceptors (Lipinski definition) is 3. The molecule has 3 rings (SSSR count). The van der Waals surface area contributed by atoms with Crippen LogP contribution in [0.1, 0.15) is 0 Å². The average Bonchev–Trinajstić information content (AvgIpc) is 2.86. The number of anilines is 1. The summed E-state index contributed by atoms with van der Waals surface area (Å²) in [7, 11) is 0. The van der Waals surface area contributed by atoms with Crippen molar-refractivity contribution in [3.63, 3.8) is 0 Å². The molecule has 1 aromatic carbocycles. The highest BCUT2D eigenvalue weighted by atomic mass is 79.9. The topological polar surface area (TPSA) is 24.3 Å². The maximum atomic E-state index is 12.9. The van der Waals surface area contributed by atoms with Crippen LogP contribution in [0.25, 0.3) is 0 Å². The van der Waals surface area contributed by atoms with E-state index in [4.69, 9.17) is 0 Å². The van der Waals surface area contributed by atoms with Gasteiger partial charge < -0.3 is 4.90 Å². The van der Waals surface area contributed by atoms with Gasteiger partial charge in [0.25, 0.3) is 0 Å². The number of hydrogen-bond donors (Lipinski definition) is 0. The van der Waals surface area contributed by atoms with Crippen LogP contribution in [0.3, 0.4) is 0 Å². The Morgan fingerprint density at radius 1 is 1.10 bits per heavy atom. The summed E-state index contributed by atoms with van der Waals surface area (Å²) in [5.74, 6) is -0.184. The SMILES string of the molecule is Fc1ccc(N2CCN(Cn3cc(Br)cn3)CC2)cc1. The lowest BCUT2D eigenvalue weighted by Crippen LogP contribution is -2.46. The second kappa shape index (κ2) is 5.93. The van der Waals surface area contributed by atoms with Crippen molar-refractivity contribution in [2.75, 3.05) is 31.1 Å². The van der Waals surface area contributed by atoms with Gasteiger partial charge in [-0.2, -0.15) is 5.10 Å². The molecule has 2 aromatic rings. The van der Waals surface area contributed by atoms with Gasteiger partial charge in [0.1, 0.15) is 5.82 Å². The molecule has 0 saturated carbocycles. The Balaban J connectivity index is 1.55. The van der Waals surface area contributed by atoms with Crippen molar-refractivity contribution >= 4 is 21.6 Å². The fourth-order valence-corrected chi connectivity index (χ4v) is 2.75. The highest BCUT2D eigenvalue weighted by molar-refractivity contribution is 9.10. The molecule has 1 aliphatic rings. The number of benzene rings is 1. The Labute approximate surface area is 125 Å². The highest BCUT2D eigenvalue weighted by Gasteiger charge is 2.17. The van der Waals surface area contributed by atoms with E-state index in [0.29, 0.717) is 0 Å². The molecular formula is C14H16BrFN4. The van der Waals surface area contributed by atoms with E-state index in [2.05, 4.69) is 30.8 Å². The third-order valence-electron chi connectivity index (χ3n) is 3.51. The van der Waals surface area contributed by atoms with Crippen LogP contribution in [-0.2, 0) is 6.67 Å². The highest BCUT2D eigenvalue weighted by Crippen LogP contribution is 2.17. The van der Waals surface area contributed by atoms with E-state index in [9.17, 15) is 4.39 Å². The molecule has 0 radical (unpaired) electrons. The Kier molecular flexibility index (Phi) is 4.03. The van der Waals surface area contributed by atoms with Gasteiger partial charge in [0.15, 0.2) is 0 Å². The molecule has 0 unspecified atom stereocenters. The Morgan fingerprint density at radius 3 is 2.40 bits per heavy atom. The number of rotatable bonds is 3. The normalized spacial score (nSPS) is 16.6. The minimum absolute atomic E-state index is 0.184. The van der Waals surface area contributed by atoms with Gasteiger partial charge in [-0.1, -0.05) is 0 Å². The third-order valence-corrected chi connectivity index (χ3v) is 3.92. The summed E-state index contributed by atoms with van der Waals surface area (Å²) in [6.45, 7) is 4.68. The van der Waals surface area contributed by atoms with Crippen LogP contribution < -0.4 is 4.90 Å². The third kappa shape index (κ3) is 3.19. The maximum absolute atomic E-state index is 12.9. The zero-order valence-electron chi connectivity index (χ0n) is 11.0. The second-order valence-corrected chi connectivity index (χ2v) is 5.84. The largest absolute Gasteiger partial charge is 0.369 e. The summed E-state index contributed by atoms with van der Waals surface area (Å²) < 4.78 is 15.9. The first-order chi connectivity index (χ1) is 9.70. The molecule has 0 amide bonds. The molecule has 0 N–H and O–H groups in total. The van der Waals surface area contributed by atoms with Gasteiger partial charge in [-0.15, -0.1) is 0 Å². The van der Waals surface area contributed by atoms with Crippen molar-refractivity contribution in [2.45, 2.75) is 6.67 Å². The van der Waals surface area contributed by atoms with E-state index >= 15 is 0 Å². The Hall–Kier alpha value is -1.40. The summed E-state index contributed by atoms with van der Waals surface area (Å²) in [6.07, 6.45) is 3.78. The van der Waals surface area contributed by atoms with E-state index in [1.807, 2.05) is 23.0 Å². The lowest BCUT2D eigenvalue weighted by Gasteiger charge is -2.35. The van der Waals surface area contributed by atoms with E-state index in [1.54, 1.807) is 6.20 Å². The van der Waals surface area contributed by atoms with Crippen molar-refractivity contribution < 1.29 is 4.39 Å². The Morgan fingerprint density at radius 2 is 1.80 bits per heavy atom. The molecule has 1 aromatic heterocycles. The van der Waals surface area contributed by atoms with Crippen LogP contribution in [-0.4, -0.2) is 40.9 Å². The molecule has 0 bridgehead atoms. The molecule has 2 heterocycles. The molecular weight excluding hydrogens is 323 g/mol. The van der Waals surface area contributed by atoms with Crippen molar-refractivity contribution in [2.24, 2.45) is 0 Å². The van der Waals surface area contributed by atoms with E-state index in [1.165, 1.54) is 12.1 Å². The fraction of sp³-hybridized carbons (Fsp3) is 0.357. The molecule has 4 nitrogen and oxygen atoms in total. The van der Waals surface area contributed by atoms with E-state index in [-0.39, 0.29) is 5.82 Å². The van der Waals surface area contributed by atoms with Crippen LogP contribution >= 0.6 is 15.9 Å². The molecule has 1 fully saturated rings. The van der Waals surface area contributed by atoms with Crippen molar-refractivity contribution in [1.82, 2.24) is 14.7 Å². The number of nitrogens with zero attached hydrogens (tertiary/aromatic N) is 4. The van der Waals surface area contributed by atoms with Crippen molar-refractivity contribution in [1.29, 1.82) is 0 Å². The smallest absolute Gasteiger partial charge is 0.123 e. The summed E-state index contributed by atoms with van der Waals surface area (Å²) in [4.78, 5) is 4.65. The molecule has 1 saturated heterocycles. The predicted molar refractivity (Wildman–Crippen MR) is 80.1 cm³/mol. The van der Waals surface area contributed by atoms with Gasteiger partial charge in [0.2, 0.25) is 0 Å². The van der Waals surface area contributed by atoms with E-state index in [0.717, 1.165) is 43.0 Å². The first-order valence-electron chi connectivity index (χ1n) is 6.61. The lowest BCUT2D eigenvalue weighted by atomic mass is 10.2. The van der Waals surface area contributed by atoms with Gasteiger partial charge in [0.05, 0.1) is 17.3 Å². The van der Waals surface area contributed by atoms with Gasteiger partial charge in [-0.05, 0) is 40.2 Å². The molecule has 1 aliphatic heterocycles. The molecule has 0 aliphatic carbocycles. The molecule has 106 valence electrons. The second-order valence-electron chi connectivity index (χ2n) is 4.92. The van der Waals surface area contributed by atoms with E-state index < -0.39 is 0 Å². The summed E-state index contributed by atoms with van der Waals surface area (Å²) in [5.41, 5.74) is 1.09. The molecule has 0 atom stereocenters. The first kappa shape index (κ1) is 13.6. The zero-order chi connectivity index (χ0) is 13.9. The lowest BCUT2D eigenvalue weighted by molar-refractivity contribution is 0.196. The number of halogens is 2. The molecule has 20 heavy (non-hydrogen) atoms. The van der Waals surface area contributed by atoms with Crippen LogP contribution in [0.4, 0.5) is 10.1 Å². The zero-order valence-corrected chi connectivity index (χ0v) is 12.6. The number of piperazine rings is 1. The fourth-order valence-electron chi connectivity index (χ4n) is 2.42. The van der Waals surface area contributed by atoms with Crippen molar-refractivity contribution in [3.8, 4) is 0 Å². The summed E-state index contributed by atoms with van der Waals surface area (Å²) in [5, 5.41) is 4.27. The molecule has 0 spiro atoms. The number of aromatic nitrogens is 2. The summed E-state index contributed by atoms with van der Waals surface area (Å²) >= 11 is 3.40. The predicted octanol–water partition coefficient (Wildman–Crippen LogP) is 2.56. The monoisotopic (exact) mass is 338 g/mol. The average molecular weight is 339 g/mol. The van der Waals surface area contributed by atoms with Gasteiger partial charge >= 0.3 is 0 Å². The minimum Gasteiger partial charge on any atom is -0.369 e. The van der Waals surface area contributed by atoms with Crippen LogP contribution in [0, 0.1) is 5.82 Å². The standard InChI is InChI=1S/C14H16BrFN4/c15-12-9-17-20(10-12)11-18-5-7-19(8-6-18)14-3-1-13(16)2-4-14/h1-4,9-10H,5-8,11H2. The summed E-state index contributed by atoms with van der Waals surface area (Å²) in [6, 6.07) is 6.72. The van der Waals surface area contributed by atoms with Gasteiger partial charge in [-0.25, -0.2) is 4.39 Å². The van der Waals surface area contributed by atoms with Gasteiger partial charge in [-0.3, -0.25) is 9.58 Å². The molecule has 6 heteroatoms. The van der Waals surface area contributed by atoms with Crippen molar-refractivity contribution in [3.05, 3.63) is 46.9 Å². The van der Waals surface area contributed by atoms with Crippen LogP contribution in [0.15, 0.2) is 41.1 Å². The minimum atomic E-state index is -0.184. The Bertz CT molecular complexity index is 561. The van der Waals surface area contributed by atoms with Crippen LogP contribution in [0.5, 0.6) is 0 Å². The van der Waals surface area contributed by atoms with Gasteiger partial charge in [0, 0.05) is 38.1 Å². The maximum Gasteiger partial charge on any atom is 0.123 e. The quantitative estimate of drug-likeness (QED) is 0.859.